The van der Waals surface area contributed by atoms with Gasteiger partial charge in [0.05, 0.1) is 16.4 Å². The van der Waals surface area contributed by atoms with Crippen molar-refractivity contribution in [3.63, 3.8) is 0 Å². The van der Waals surface area contributed by atoms with Gasteiger partial charge in [-0.3, -0.25) is 4.79 Å². The molecular formula is C20H28ClN3O5S. The fraction of sp³-hybridized carbons (Fsp3) is 0.550. The van der Waals surface area contributed by atoms with E-state index < -0.39 is 32.6 Å². The number of benzene rings is 1. The Morgan fingerprint density at radius 3 is 2.37 bits per heavy atom. The Morgan fingerprint density at radius 2 is 1.80 bits per heavy atom. The number of sulfonamides is 1. The van der Waals surface area contributed by atoms with Crippen LogP contribution in [0.3, 0.4) is 0 Å². The third kappa shape index (κ3) is 3.91. The predicted molar refractivity (Wildman–Crippen MR) is 115 cm³/mol. The molecule has 0 amide bonds. The van der Waals surface area contributed by atoms with Crippen LogP contribution in [0.5, 0.6) is 5.75 Å². The molecule has 1 atom stereocenters. The van der Waals surface area contributed by atoms with E-state index in [1.54, 1.807) is 0 Å². The van der Waals surface area contributed by atoms with Crippen molar-refractivity contribution in [1.82, 2.24) is 9.62 Å². The van der Waals surface area contributed by atoms with Gasteiger partial charge < -0.3 is 20.8 Å². The largest absolute Gasteiger partial charge is 0.504 e. The Bertz CT molecular complexity index is 998. The summed E-state index contributed by atoms with van der Waals surface area (Å²) in [5.41, 5.74) is 0.109. The molecule has 0 aromatic heterocycles. The van der Waals surface area contributed by atoms with Crippen molar-refractivity contribution >= 4 is 33.1 Å². The first kappa shape index (κ1) is 22.9. The Morgan fingerprint density at radius 1 is 1.20 bits per heavy atom. The minimum Gasteiger partial charge on any atom is -0.504 e. The fourth-order valence-electron chi connectivity index (χ4n) is 4.01. The van der Waals surface area contributed by atoms with Gasteiger partial charge in [-0.1, -0.05) is 24.4 Å². The second-order valence-electron chi connectivity index (χ2n) is 8.57. The summed E-state index contributed by atoms with van der Waals surface area (Å²) < 4.78 is 26.0. The van der Waals surface area contributed by atoms with Crippen LogP contribution in [-0.2, 0) is 14.8 Å². The Labute approximate surface area is 182 Å². The number of rotatable bonds is 7. The van der Waals surface area contributed by atoms with Crippen molar-refractivity contribution in [2.45, 2.75) is 56.1 Å². The van der Waals surface area contributed by atoms with Crippen LogP contribution < -0.4 is 10.6 Å². The summed E-state index contributed by atoms with van der Waals surface area (Å²) in [4.78, 5) is 11.9. The first-order chi connectivity index (χ1) is 13.9. The van der Waals surface area contributed by atoms with E-state index in [2.05, 4.69) is 10.6 Å². The van der Waals surface area contributed by atoms with E-state index in [1.165, 1.54) is 26.2 Å². The predicted octanol–water partition coefficient (Wildman–Crippen LogP) is 2.42. The second kappa shape index (κ2) is 8.03. The molecule has 3 rings (SSSR count). The lowest BCUT2D eigenvalue weighted by Gasteiger charge is -2.39. The summed E-state index contributed by atoms with van der Waals surface area (Å²) in [5.74, 6) is -0.625. The molecule has 0 bridgehead atoms. The number of aliphatic hydroxyl groups excluding tert-OH is 1. The molecule has 2 aliphatic carbocycles. The summed E-state index contributed by atoms with van der Waals surface area (Å²) in [6.45, 7) is 4.04. The van der Waals surface area contributed by atoms with Gasteiger partial charge in [0, 0.05) is 19.6 Å². The molecule has 0 heterocycles. The standard InChI is InChI=1S/C20H28ClN3O5S/c1-20(2,11-7-5-6-8-11)23-15-14(17(26)18(15)27)22-13-10-9-12(21)19(16(13)25)30(28,29)24(3)4/h9-11,17,22-23,25-26H,5-8H2,1-4H3. The van der Waals surface area contributed by atoms with Gasteiger partial charge in [-0.2, -0.15) is 0 Å². The molecule has 0 spiro atoms. The van der Waals surface area contributed by atoms with Gasteiger partial charge >= 0.3 is 0 Å². The fourth-order valence-corrected chi connectivity index (χ4v) is 5.49. The number of halogens is 1. The van der Waals surface area contributed by atoms with Crippen molar-refractivity contribution in [3.8, 4) is 5.75 Å². The van der Waals surface area contributed by atoms with Gasteiger partial charge in [-0.05, 0) is 44.7 Å². The van der Waals surface area contributed by atoms with Gasteiger partial charge in [0.15, 0.2) is 11.9 Å². The average Bonchev–Trinajstić information content (AvgIpc) is 3.21. The lowest BCUT2D eigenvalue weighted by molar-refractivity contribution is -0.125. The van der Waals surface area contributed by atoms with Crippen LogP contribution in [-0.4, -0.2) is 54.5 Å². The van der Waals surface area contributed by atoms with Crippen molar-refractivity contribution in [2.24, 2.45) is 5.92 Å². The number of phenols is 1. The lowest BCUT2D eigenvalue weighted by Crippen LogP contribution is -2.54. The molecule has 4 N–H and O–H groups in total. The number of Topliss-reactive ketones (excluding diaryl/α,β-unsaturated/α-hetero) is 1. The number of phenolic OH excluding ortho intramolecular Hbond substituents is 1. The summed E-state index contributed by atoms with van der Waals surface area (Å²) >= 11 is 6.03. The molecule has 30 heavy (non-hydrogen) atoms. The molecule has 1 saturated carbocycles. The van der Waals surface area contributed by atoms with Crippen molar-refractivity contribution in [3.05, 3.63) is 28.5 Å². The van der Waals surface area contributed by atoms with E-state index in [0.717, 1.165) is 30.0 Å². The monoisotopic (exact) mass is 457 g/mol. The molecule has 2 aliphatic rings. The molecule has 10 heteroatoms. The van der Waals surface area contributed by atoms with E-state index in [9.17, 15) is 23.4 Å². The average molecular weight is 458 g/mol. The van der Waals surface area contributed by atoms with E-state index in [4.69, 9.17) is 11.6 Å². The molecule has 1 aromatic rings. The van der Waals surface area contributed by atoms with Gasteiger partial charge in [0.25, 0.3) is 0 Å². The van der Waals surface area contributed by atoms with Crippen LogP contribution in [0.4, 0.5) is 5.69 Å². The number of hydrogen-bond donors (Lipinski definition) is 4. The van der Waals surface area contributed by atoms with Crippen LogP contribution in [0, 0.1) is 5.92 Å². The number of carbonyl (C=O) groups is 1. The van der Waals surface area contributed by atoms with E-state index in [0.29, 0.717) is 5.92 Å². The Balaban J connectivity index is 1.95. The number of aromatic hydroxyl groups is 1. The highest BCUT2D eigenvalue weighted by Gasteiger charge is 2.43. The number of anilines is 1. The molecule has 0 radical (unpaired) electrons. The zero-order valence-electron chi connectivity index (χ0n) is 17.5. The molecular weight excluding hydrogens is 430 g/mol. The lowest BCUT2D eigenvalue weighted by atomic mass is 9.83. The normalized spacial score (nSPS) is 20.6. The van der Waals surface area contributed by atoms with E-state index in [-0.39, 0.29) is 27.6 Å². The van der Waals surface area contributed by atoms with Crippen LogP contribution >= 0.6 is 11.6 Å². The zero-order chi connectivity index (χ0) is 22.4. The summed E-state index contributed by atoms with van der Waals surface area (Å²) in [5, 5.41) is 26.7. The quantitative estimate of drug-likeness (QED) is 0.464. The molecule has 1 fully saturated rings. The highest BCUT2D eigenvalue weighted by atomic mass is 35.5. The van der Waals surface area contributed by atoms with Crippen LogP contribution in [0.2, 0.25) is 5.02 Å². The van der Waals surface area contributed by atoms with E-state index in [1.807, 2.05) is 13.8 Å². The van der Waals surface area contributed by atoms with Gasteiger partial charge in [0.2, 0.25) is 15.8 Å². The second-order valence-corrected chi connectivity index (χ2v) is 11.1. The van der Waals surface area contributed by atoms with Crippen molar-refractivity contribution in [1.29, 1.82) is 0 Å². The smallest absolute Gasteiger partial charge is 0.247 e. The maximum atomic E-state index is 12.5. The topological polar surface area (TPSA) is 119 Å². The highest BCUT2D eigenvalue weighted by molar-refractivity contribution is 7.89. The highest BCUT2D eigenvalue weighted by Crippen LogP contribution is 2.40. The number of ketones is 1. The number of nitrogens with zero attached hydrogens (tertiary/aromatic N) is 1. The zero-order valence-corrected chi connectivity index (χ0v) is 19.1. The number of nitrogens with one attached hydrogen (secondary N) is 2. The first-order valence-corrected chi connectivity index (χ1v) is 11.7. The maximum Gasteiger partial charge on any atom is 0.247 e. The van der Waals surface area contributed by atoms with Crippen LogP contribution in [0.25, 0.3) is 0 Å². The third-order valence-electron chi connectivity index (χ3n) is 5.95. The number of hydrogen-bond acceptors (Lipinski definition) is 7. The minimum atomic E-state index is -4.01. The number of aliphatic hydroxyl groups is 1. The molecule has 8 nitrogen and oxygen atoms in total. The first-order valence-electron chi connectivity index (χ1n) is 9.83. The molecule has 0 saturated heterocycles. The Kier molecular flexibility index (Phi) is 6.12. The maximum absolute atomic E-state index is 12.5. The van der Waals surface area contributed by atoms with Crippen molar-refractivity contribution < 1.29 is 23.4 Å². The van der Waals surface area contributed by atoms with Gasteiger partial charge in [0.1, 0.15) is 10.6 Å². The summed E-state index contributed by atoms with van der Waals surface area (Å²) in [7, 11) is -1.36. The third-order valence-corrected chi connectivity index (χ3v) is 8.27. The van der Waals surface area contributed by atoms with Gasteiger partial charge in [-0.15, -0.1) is 0 Å². The molecule has 1 unspecified atom stereocenters. The molecule has 0 aliphatic heterocycles. The van der Waals surface area contributed by atoms with Crippen LogP contribution in [0.15, 0.2) is 28.4 Å². The number of carbonyl (C=O) groups excluding carboxylic acids is 1. The SMILES string of the molecule is CN(C)S(=O)(=O)c1c(Cl)ccc(NC2=C(NC(C)(C)C3CCCC3)C(=O)C2O)c1O. The minimum absolute atomic E-state index is 0.0272. The molecule has 1 aromatic carbocycles. The Hall–Kier alpha value is -1.81. The molecule has 166 valence electrons. The van der Waals surface area contributed by atoms with E-state index >= 15 is 0 Å². The van der Waals surface area contributed by atoms with Crippen LogP contribution in [0.1, 0.15) is 39.5 Å². The van der Waals surface area contributed by atoms with Gasteiger partial charge in [-0.25, -0.2) is 12.7 Å². The summed E-state index contributed by atoms with van der Waals surface area (Å²) in [6, 6.07) is 2.73. The van der Waals surface area contributed by atoms with Crippen molar-refractivity contribution in [2.75, 3.05) is 19.4 Å². The summed E-state index contributed by atoms with van der Waals surface area (Å²) in [6.07, 6.45) is 3.06.